The Morgan fingerprint density at radius 1 is 1.45 bits per heavy atom. The lowest BCUT2D eigenvalue weighted by Crippen LogP contribution is -2.35. The summed E-state index contributed by atoms with van der Waals surface area (Å²) in [6.45, 7) is 3.95. The van der Waals surface area contributed by atoms with E-state index in [0.717, 1.165) is 0 Å². The third kappa shape index (κ3) is 2.31. The molecule has 0 amide bonds. The predicted octanol–water partition coefficient (Wildman–Crippen LogP) is 2.91. The summed E-state index contributed by atoms with van der Waals surface area (Å²) in [5.74, 6) is -0.589. The minimum Gasteiger partial charge on any atom is -0.440 e. The van der Waals surface area contributed by atoms with Gasteiger partial charge in [-0.15, -0.1) is 0 Å². The molecule has 0 saturated heterocycles. The van der Waals surface area contributed by atoms with Gasteiger partial charge in [0.25, 0.3) is 5.88 Å². The summed E-state index contributed by atoms with van der Waals surface area (Å²) in [7, 11) is 0. The first-order valence-corrected chi connectivity index (χ1v) is 7.84. The van der Waals surface area contributed by atoms with Crippen LogP contribution >= 0.6 is 11.3 Å². The third-order valence-corrected chi connectivity index (χ3v) is 4.70. The summed E-state index contributed by atoms with van der Waals surface area (Å²) in [6, 6.07) is 1.79. The van der Waals surface area contributed by atoms with E-state index in [0.29, 0.717) is 29.7 Å². The lowest BCUT2D eigenvalue weighted by molar-refractivity contribution is -0.433. The monoisotopic (exact) mass is 320 g/mol. The zero-order valence-corrected chi connectivity index (χ0v) is 13.1. The largest absolute Gasteiger partial charge is 0.440 e. The molecule has 0 aromatic carbocycles. The van der Waals surface area contributed by atoms with Gasteiger partial charge in [0.2, 0.25) is 0 Å². The van der Waals surface area contributed by atoms with Crippen LogP contribution in [0.2, 0.25) is 0 Å². The van der Waals surface area contributed by atoms with Crippen LogP contribution in [0.5, 0.6) is 0 Å². The number of nitrogens with two attached hydrogens (primary N) is 1. The van der Waals surface area contributed by atoms with Crippen LogP contribution in [-0.4, -0.2) is 10.7 Å². The topological polar surface area (TPSA) is 95.5 Å². The number of rotatable bonds is 2. The van der Waals surface area contributed by atoms with Crippen molar-refractivity contribution in [2.24, 2.45) is 11.1 Å². The molecule has 1 aromatic rings. The Kier molecular flexibility index (Phi) is 3.32. The molecule has 0 saturated carbocycles. The maximum Gasteiger partial charge on any atom is 0.317 e. The highest BCUT2D eigenvalue weighted by molar-refractivity contribution is 7.08. The van der Waals surface area contributed by atoms with Crippen LogP contribution in [0.25, 0.3) is 0 Å². The summed E-state index contributed by atoms with van der Waals surface area (Å²) in [5, 5.41) is 15.1. The van der Waals surface area contributed by atoms with E-state index < -0.39 is 10.8 Å². The van der Waals surface area contributed by atoms with Crippen LogP contribution in [0, 0.1) is 15.5 Å². The van der Waals surface area contributed by atoms with Gasteiger partial charge in [-0.3, -0.25) is 14.9 Å². The zero-order chi connectivity index (χ0) is 16.1. The van der Waals surface area contributed by atoms with E-state index in [4.69, 9.17) is 10.5 Å². The van der Waals surface area contributed by atoms with Crippen molar-refractivity contribution in [2.45, 2.75) is 32.6 Å². The molecule has 116 valence electrons. The van der Waals surface area contributed by atoms with Gasteiger partial charge in [-0.1, -0.05) is 13.8 Å². The molecule has 2 heterocycles. The minimum absolute atomic E-state index is 0.103. The van der Waals surface area contributed by atoms with E-state index in [9.17, 15) is 14.9 Å². The molecular formula is C15H16N2O4S. The molecule has 1 atom stereocenters. The normalized spacial score (nSPS) is 24.1. The van der Waals surface area contributed by atoms with Crippen LogP contribution in [0.1, 0.15) is 38.2 Å². The van der Waals surface area contributed by atoms with Crippen LogP contribution in [-0.2, 0) is 9.53 Å². The fourth-order valence-corrected chi connectivity index (χ4v) is 3.80. The second-order valence-corrected chi connectivity index (χ2v) is 7.16. The van der Waals surface area contributed by atoms with Gasteiger partial charge in [-0.2, -0.15) is 11.3 Å². The zero-order valence-electron chi connectivity index (χ0n) is 12.3. The second kappa shape index (κ2) is 4.95. The van der Waals surface area contributed by atoms with Crippen LogP contribution in [0.15, 0.2) is 39.7 Å². The Morgan fingerprint density at radius 3 is 2.77 bits per heavy atom. The van der Waals surface area contributed by atoms with Crippen LogP contribution < -0.4 is 5.73 Å². The first kappa shape index (κ1) is 14.8. The highest BCUT2D eigenvalue weighted by Crippen LogP contribution is 2.48. The number of thiophene rings is 1. The molecule has 6 nitrogen and oxygen atoms in total. The number of allylic oxidation sites excluding steroid dienone is 2. The molecule has 1 aliphatic carbocycles. The highest BCUT2D eigenvalue weighted by Gasteiger charge is 2.47. The lowest BCUT2D eigenvalue weighted by Gasteiger charge is -2.35. The number of nitro groups is 1. The summed E-state index contributed by atoms with van der Waals surface area (Å²) in [6.07, 6.45) is 0.890. The maximum atomic E-state index is 12.6. The third-order valence-electron chi connectivity index (χ3n) is 4.00. The van der Waals surface area contributed by atoms with Gasteiger partial charge in [0, 0.05) is 12.8 Å². The van der Waals surface area contributed by atoms with E-state index in [-0.39, 0.29) is 22.8 Å². The Labute approximate surface area is 131 Å². The van der Waals surface area contributed by atoms with Crippen molar-refractivity contribution in [2.75, 3.05) is 0 Å². The van der Waals surface area contributed by atoms with E-state index >= 15 is 0 Å². The number of hydrogen-bond acceptors (Lipinski definition) is 6. The molecule has 2 aliphatic rings. The van der Waals surface area contributed by atoms with Crippen molar-refractivity contribution in [3.8, 4) is 0 Å². The van der Waals surface area contributed by atoms with Crippen molar-refractivity contribution in [3.63, 3.8) is 0 Å². The second-order valence-electron chi connectivity index (χ2n) is 6.38. The average Bonchev–Trinajstić information content (AvgIpc) is 2.88. The molecule has 0 spiro atoms. The molecule has 7 heteroatoms. The lowest BCUT2D eigenvalue weighted by atomic mass is 9.71. The standard InChI is InChI=1S/C15H16N2O4S/c1-15(2)5-9(18)12-10(6-15)21-14(16)13(17(19)20)11(12)8-3-4-22-7-8/h3-4,7,11H,5-6,16H2,1-2H3/t11-/m1/s1. The highest BCUT2D eigenvalue weighted by atomic mass is 32.1. The van der Waals surface area contributed by atoms with Crippen molar-refractivity contribution < 1.29 is 14.5 Å². The minimum atomic E-state index is -0.742. The molecule has 0 unspecified atom stereocenters. The smallest absolute Gasteiger partial charge is 0.317 e. The first-order valence-electron chi connectivity index (χ1n) is 6.90. The molecule has 0 fully saturated rings. The van der Waals surface area contributed by atoms with Crippen molar-refractivity contribution >= 4 is 17.1 Å². The quantitative estimate of drug-likeness (QED) is 0.667. The average molecular weight is 320 g/mol. The SMILES string of the molecule is CC1(C)CC(=O)C2=C(C1)OC(N)=C([N+](=O)[O-])[C@@H]2c1ccsc1. The maximum absolute atomic E-state index is 12.6. The van der Waals surface area contributed by atoms with E-state index in [1.165, 1.54) is 11.3 Å². The number of carbonyl (C=O) groups is 1. The molecule has 1 aromatic heterocycles. The summed E-state index contributed by atoms with van der Waals surface area (Å²) < 4.78 is 5.48. The molecule has 0 bridgehead atoms. The number of ether oxygens (including phenoxy) is 1. The molecule has 1 aliphatic heterocycles. The van der Waals surface area contributed by atoms with Gasteiger partial charge in [0.15, 0.2) is 5.78 Å². The number of ketones is 1. The van der Waals surface area contributed by atoms with Crippen molar-refractivity contribution in [3.05, 3.63) is 55.4 Å². The summed E-state index contributed by atoms with van der Waals surface area (Å²) in [4.78, 5) is 23.5. The summed E-state index contributed by atoms with van der Waals surface area (Å²) >= 11 is 1.43. The van der Waals surface area contributed by atoms with Gasteiger partial charge < -0.3 is 10.5 Å². The predicted molar refractivity (Wildman–Crippen MR) is 81.4 cm³/mol. The van der Waals surface area contributed by atoms with Gasteiger partial charge in [-0.05, 0) is 27.8 Å². The Balaban J connectivity index is 2.18. The number of hydrogen-bond donors (Lipinski definition) is 1. The number of nitrogens with zero attached hydrogens (tertiary/aromatic N) is 1. The number of Topliss-reactive ketones (excluding diaryl/α,β-unsaturated/α-hetero) is 1. The fraction of sp³-hybridized carbons (Fsp3) is 0.400. The van der Waals surface area contributed by atoms with Crippen LogP contribution in [0.4, 0.5) is 0 Å². The van der Waals surface area contributed by atoms with Gasteiger partial charge in [0.1, 0.15) is 11.7 Å². The van der Waals surface area contributed by atoms with E-state index in [1.807, 2.05) is 24.6 Å². The Bertz CT molecular complexity index is 716. The fourth-order valence-electron chi connectivity index (χ4n) is 3.11. The van der Waals surface area contributed by atoms with E-state index in [2.05, 4.69) is 0 Å². The Hall–Kier alpha value is -2.15. The molecular weight excluding hydrogens is 304 g/mol. The molecule has 0 radical (unpaired) electrons. The van der Waals surface area contributed by atoms with Gasteiger partial charge in [-0.25, -0.2) is 0 Å². The van der Waals surface area contributed by atoms with Crippen LogP contribution in [0.3, 0.4) is 0 Å². The Morgan fingerprint density at radius 2 is 2.18 bits per heavy atom. The van der Waals surface area contributed by atoms with Gasteiger partial charge in [0.05, 0.1) is 10.5 Å². The molecule has 3 rings (SSSR count). The molecule has 22 heavy (non-hydrogen) atoms. The molecule has 2 N–H and O–H groups in total. The van der Waals surface area contributed by atoms with Crippen molar-refractivity contribution in [1.29, 1.82) is 0 Å². The van der Waals surface area contributed by atoms with Crippen molar-refractivity contribution in [1.82, 2.24) is 0 Å². The number of carbonyl (C=O) groups excluding carboxylic acids is 1. The van der Waals surface area contributed by atoms with E-state index in [1.54, 1.807) is 6.07 Å². The first-order chi connectivity index (χ1) is 10.3. The van der Waals surface area contributed by atoms with Gasteiger partial charge >= 0.3 is 5.70 Å². The summed E-state index contributed by atoms with van der Waals surface area (Å²) in [5.41, 5.74) is 6.41.